The van der Waals surface area contributed by atoms with Crippen LogP contribution in [0.3, 0.4) is 0 Å². The second kappa shape index (κ2) is 6.00. The summed E-state index contributed by atoms with van der Waals surface area (Å²) >= 11 is 0. The molecule has 122 valence electrons. The van der Waals surface area contributed by atoms with E-state index in [9.17, 15) is 5.26 Å². The lowest BCUT2D eigenvalue weighted by Crippen LogP contribution is -2.02. The van der Waals surface area contributed by atoms with Crippen molar-refractivity contribution in [1.29, 1.82) is 5.26 Å². The Morgan fingerprint density at radius 2 is 1.75 bits per heavy atom. The third kappa shape index (κ3) is 2.65. The van der Waals surface area contributed by atoms with Crippen LogP contribution in [0.25, 0.3) is 5.65 Å². The van der Waals surface area contributed by atoms with E-state index < -0.39 is 0 Å². The van der Waals surface area contributed by atoms with Crippen LogP contribution in [-0.2, 0) is 0 Å². The van der Waals surface area contributed by atoms with E-state index in [1.165, 1.54) is 14.2 Å². The summed E-state index contributed by atoms with van der Waals surface area (Å²) in [4.78, 5) is 12.7. The molecule has 1 N–H and O–H groups in total. The van der Waals surface area contributed by atoms with E-state index in [4.69, 9.17) is 9.47 Å². The van der Waals surface area contributed by atoms with E-state index >= 15 is 0 Å². The Morgan fingerprint density at radius 1 is 1.08 bits per heavy atom. The fraction of sp³-hybridized carbons (Fsp3) is 0.267. The Kier molecular flexibility index (Phi) is 3.87. The van der Waals surface area contributed by atoms with Crippen molar-refractivity contribution in [1.82, 2.24) is 24.6 Å². The van der Waals surface area contributed by atoms with Gasteiger partial charge in [-0.15, -0.1) is 5.10 Å². The highest BCUT2D eigenvalue weighted by atomic mass is 16.5. The van der Waals surface area contributed by atoms with Crippen LogP contribution in [0.5, 0.6) is 11.8 Å². The molecular weight excluding hydrogens is 310 g/mol. The third-order valence-electron chi connectivity index (χ3n) is 3.33. The van der Waals surface area contributed by atoms with Gasteiger partial charge in [-0.05, 0) is 19.9 Å². The van der Waals surface area contributed by atoms with Crippen molar-refractivity contribution >= 4 is 17.4 Å². The zero-order valence-electron chi connectivity index (χ0n) is 13.7. The highest BCUT2D eigenvalue weighted by Crippen LogP contribution is 2.24. The minimum atomic E-state index is 0.209. The Bertz CT molecular complexity index is 936. The Labute approximate surface area is 137 Å². The lowest BCUT2D eigenvalue weighted by atomic mass is 10.3. The molecule has 3 aromatic heterocycles. The average Bonchev–Trinajstić information content (AvgIpc) is 2.91. The van der Waals surface area contributed by atoms with Crippen molar-refractivity contribution in [3.8, 4) is 17.8 Å². The van der Waals surface area contributed by atoms with E-state index in [1.807, 2.05) is 19.9 Å². The zero-order valence-corrected chi connectivity index (χ0v) is 13.7. The molecule has 0 aromatic carbocycles. The lowest BCUT2D eigenvalue weighted by molar-refractivity contribution is 0.373. The number of methoxy groups -OCH3 is 2. The first-order chi connectivity index (χ1) is 11.5. The molecule has 0 radical (unpaired) electrons. The number of nitrogens with one attached hydrogen (secondary N) is 1. The van der Waals surface area contributed by atoms with Crippen LogP contribution in [-0.4, -0.2) is 38.8 Å². The number of fused-ring (bicyclic) bond motifs is 1. The molecule has 0 spiro atoms. The van der Waals surface area contributed by atoms with Crippen molar-refractivity contribution < 1.29 is 9.47 Å². The van der Waals surface area contributed by atoms with Crippen molar-refractivity contribution in [3.63, 3.8) is 0 Å². The first-order valence-electron chi connectivity index (χ1n) is 7.07. The number of hydrogen-bond donors (Lipinski definition) is 1. The fourth-order valence-electron chi connectivity index (χ4n) is 2.29. The van der Waals surface area contributed by atoms with Crippen LogP contribution in [0.15, 0.2) is 12.1 Å². The second-order valence-corrected chi connectivity index (χ2v) is 5.01. The molecule has 3 rings (SSSR count). The zero-order chi connectivity index (χ0) is 17.3. The average molecular weight is 325 g/mol. The molecule has 9 nitrogen and oxygen atoms in total. The normalized spacial score (nSPS) is 10.5. The van der Waals surface area contributed by atoms with Crippen molar-refractivity contribution in [3.05, 3.63) is 29.1 Å². The van der Waals surface area contributed by atoms with Gasteiger partial charge in [-0.2, -0.15) is 15.2 Å². The summed E-state index contributed by atoms with van der Waals surface area (Å²) in [6.45, 7) is 3.76. The van der Waals surface area contributed by atoms with E-state index in [2.05, 4.69) is 31.4 Å². The van der Waals surface area contributed by atoms with Crippen LogP contribution in [0.4, 0.5) is 11.8 Å². The quantitative estimate of drug-likeness (QED) is 0.772. The highest BCUT2D eigenvalue weighted by Gasteiger charge is 2.17. The first-order valence-corrected chi connectivity index (χ1v) is 7.07. The molecule has 0 saturated carbocycles. The maximum atomic E-state index is 9.49. The van der Waals surface area contributed by atoms with E-state index in [1.54, 1.807) is 10.6 Å². The van der Waals surface area contributed by atoms with Gasteiger partial charge in [0.15, 0.2) is 11.5 Å². The van der Waals surface area contributed by atoms with Gasteiger partial charge < -0.3 is 14.8 Å². The van der Waals surface area contributed by atoms with Gasteiger partial charge in [-0.1, -0.05) is 0 Å². The molecule has 0 amide bonds. The van der Waals surface area contributed by atoms with Crippen molar-refractivity contribution in [2.45, 2.75) is 13.8 Å². The number of nitrogens with zero attached hydrogens (tertiary/aromatic N) is 6. The summed E-state index contributed by atoms with van der Waals surface area (Å²) in [6, 6.07) is 5.56. The van der Waals surface area contributed by atoms with Gasteiger partial charge in [0.2, 0.25) is 17.7 Å². The van der Waals surface area contributed by atoms with Gasteiger partial charge in [-0.25, -0.2) is 9.50 Å². The smallest absolute Gasteiger partial charge is 0.235 e. The minimum absolute atomic E-state index is 0.209. The summed E-state index contributed by atoms with van der Waals surface area (Å²) in [5, 5.41) is 16.8. The number of aromatic nitrogens is 5. The minimum Gasteiger partial charge on any atom is -0.481 e. The molecule has 0 aliphatic rings. The van der Waals surface area contributed by atoms with Crippen molar-refractivity contribution in [2.24, 2.45) is 0 Å². The molecule has 0 saturated heterocycles. The first kappa shape index (κ1) is 15.5. The molecule has 0 atom stereocenters. The molecule has 3 heterocycles. The molecule has 0 fully saturated rings. The van der Waals surface area contributed by atoms with Crippen LogP contribution in [0, 0.1) is 25.2 Å². The standard InChI is InChI=1S/C15H15N7O2/c1-8-5-9(2)22-14(17-8)10(7-16)13(21-22)20-15-18-11(23-3)6-12(19-15)24-4/h5-6H,1-4H3,(H,18,19,20,21). The number of nitriles is 1. The van der Waals surface area contributed by atoms with E-state index in [0.29, 0.717) is 28.8 Å². The molecule has 0 aliphatic heterocycles. The van der Waals surface area contributed by atoms with Gasteiger partial charge in [0, 0.05) is 11.4 Å². The molecule has 0 bridgehead atoms. The lowest BCUT2D eigenvalue weighted by Gasteiger charge is -2.06. The number of rotatable bonds is 4. The predicted octanol–water partition coefficient (Wildman–Crippen LogP) is 1.77. The SMILES string of the molecule is COc1cc(OC)nc(Nc2nn3c(C)cc(C)nc3c2C#N)n1. The van der Waals surface area contributed by atoms with Gasteiger partial charge in [0.25, 0.3) is 0 Å². The number of anilines is 2. The number of hydrogen-bond acceptors (Lipinski definition) is 8. The van der Waals surface area contributed by atoms with Crippen LogP contribution < -0.4 is 14.8 Å². The maximum absolute atomic E-state index is 9.49. The van der Waals surface area contributed by atoms with Crippen LogP contribution in [0.1, 0.15) is 17.0 Å². The van der Waals surface area contributed by atoms with Gasteiger partial charge >= 0.3 is 0 Å². The third-order valence-corrected chi connectivity index (χ3v) is 3.33. The van der Waals surface area contributed by atoms with Crippen molar-refractivity contribution in [2.75, 3.05) is 19.5 Å². The van der Waals surface area contributed by atoms with E-state index in [-0.39, 0.29) is 5.95 Å². The Morgan fingerprint density at radius 3 is 2.33 bits per heavy atom. The summed E-state index contributed by atoms with van der Waals surface area (Å²) < 4.78 is 11.8. The predicted molar refractivity (Wildman–Crippen MR) is 85.6 cm³/mol. The van der Waals surface area contributed by atoms with E-state index in [0.717, 1.165) is 11.4 Å². The van der Waals surface area contributed by atoms with Gasteiger partial charge in [-0.3, -0.25) is 0 Å². The number of ether oxygens (including phenoxy) is 2. The topological polar surface area (TPSA) is 110 Å². The molecular formula is C15H15N7O2. The Balaban J connectivity index is 2.11. The summed E-state index contributed by atoms with van der Waals surface area (Å²) in [7, 11) is 2.99. The molecule has 0 unspecified atom stereocenters. The van der Waals surface area contributed by atoms with Crippen LogP contribution in [0.2, 0.25) is 0 Å². The van der Waals surface area contributed by atoms with Gasteiger partial charge in [0.1, 0.15) is 11.6 Å². The second-order valence-electron chi connectivity index (χ2n) is 5.01. The largest absolute Gasteiger partial charge is 0.481 e. The summed E-state index contributed by atoms with van der Waals surface area (Å²) in [5.74, 6) is 1.18. The number of aryl methyl sites for hydroxylation is 2. The fourth-order valence-corrected chi connectivity index (χ4v) is 2.29. The molecule has 24 heavy (non-hydrogen) atoms. The maximum Gasteiger partial charge on any atom is 0.235 e. The van der Waals surface area contributed by atoms with Crippen LogP contribution >= 0.6 is 0 Å². The highest BCUT2D eigenvalue weighted by molar-refractivity contribution is 5.70. The van der Waals surface area contributed by atoms with Gasteiger partial charge in [0.05, 0.1) is 20.3 Å². The molecule has 9 heteroatoms. The Hall–Kier alpha value is -3.41. The summed E-state index contributed by atoms with van der Waals surface area (Å²) in [5.41, 5.74) is 2.47. The molecule has 3 aromatic rings. The monoisotopic (exact) mass is 325 g/mol. The summed E-state index contributed by atoms with van der Waals surface area (Å²) in [6.07, 6.45) is 0. The molecule has 0 aliphatic carbocycles.